The summed E-state index contributed by atoms with van der Waals surface area (Å²) in [5.74, 6) is 0.519. The number of phosphoric acid groups is 1. The predicted molar refractivity (Wildman–Crippen MR) is 75.3 cm³/mol. The number of aliphatic hydroxyl groups is 1. The van der Waals surface area contributed by atoms with Crippen LogP contribution in [0.5, 0.6) is 5.75 Å². The lowest BCUT2D eigenvalue weighted by atomic mass is 9.90. The van der Waals surface area contributed by atoms with E-state index in [9.17, 15) is 9.46 Å². The van der Waals surface area contributed by atoms with Gasteiger partial charge in [-0.15, -0.1) is 0 Å². The fourth-order valence-electron chi connectivity index (χ4n) is 2.43. The Morgan fingerprint density at radius 2 is 1.90 bits per heavy atom. The molecule has 5 nitrogen and oxygen atoms in total. The van der Waals surface area contributed by atoms with Gasteiger partial charge in [-0.25, -0.2) is 4.57 Å². The Morgan fingerprint density at radius 3 is 2.60 bits per heavy atom. The van der Waals surface area contributed by atoms with E-state index in [0.717, 1.165) is 25.7 Å². The quantitative estimate of drug-likeness (QED) is 0.789. The number of rotatable bonds is 6. The number of para-hydroxylation sites is 1. The highest BCUT2D eigenvalue weighted by atomic mass is 31.2. The average molecular weight is 300 g/mol. The van der Waals surface area contributed by atoms with Crippen LogP contribution in [0.2, 0.25) is 0 Å². The molecule has 1 saturated carbocycles. The molecule has 2 N–H and O–H groups in total. The van der Waals surface area contributed by atoms with E-state index in [0.29, 0.717) is 11.5 Å². The highest BCUT2D eigenvalue weighted by Crippen LogP contribution is 2.45. The summed E-state index contributed by atoms with van der Waals surface area (Å²) in [7, 11) is -4.13. The highest BCUT2D eigenvalue weighted by molar-refractivity contribution is 7.47. The number of phosphoric ester groups is 1. The van der Waals surface area contributed by atoms with Gasteiger partial charge < -0.3 is 9.63 Å². The molecule has 1 aliphatic rings. The van der Waals surface area contributed by atoms with Crippen molar-refractivity contribution in [2.45, 2.75) is 38.7 Å². The van der Waals surface area contributed by atoms with Gasteiger partial charge in [0.2, 0.25) is 0 Å². The van der Waals surface area contributed by atoms with E-state index < -0.39 is 7.82 Å². The molecule has 0 spiro atoms. The summed E-state index contributed by atoms with van der Waals surface area (Å²) < 4.78 is 22.0. The van der Waals surface area contributed by atoms with Crippen LogP contribution in [-0.2, 0) is 15.7 Å². The van der Waals surface area contributed by atoms with Crippen molar-refractivity contribution in [3.63, 3.8) is 0 Å². The van der Waals surface area contributed by atoms with Gasteiger partial charge in [0.1, 0.15) is 5.75 Å². The number of hydrogen-bond acceptors (Lipinski definition) is 4. The van der Waals surface area contributed by atoms with Crippen LogP contribution in [0.1, 0.15) is 37.7 Å². The topological polar surface area (TPSA) is 76.0 Å². The van der Waals surface area contributed by atoms with Crippen molar-refractivity contribution in [1.29, 1.82) is 0 Å². The van der Waals surface area contributed by atoms with Gasteiger partial charge in [-0.05, 0) is 24.8 Å². The summed E-state index contributed by atoms with van der Waals surface area (Å²) in [6, 6.07) is 6.58. The second-order valence-electron chi connectivity index (χ2n) is 5.13. The van der Waals surface area contributed by atoms with Crippen LogP contribution >= 0.6 is 7.82 Å². The lowest BCUT2D eigenvalue weighted by Gasteiger charge is -2.22. The van der Waals surface area contributed by atoms with E-state index in [1.165, 1.54) is 6.42 Å². The Morgan fingerprint density at radius 1 is 1.20 bits per heavy atom. The standard InChI is InChI=1S/C14H21O5P/c15-10-13-8-4-5-9-14(13)19-20(16,17)18-11-12-6-2-1-3-7-12/h4-5,8-9,12,15H,1-3,6-7,10-11H2,(H,16,17). The first kappa shape index (κ1) is 15.5. The van der Waals surface area contributed by atoms with Crippen molar-refractivity contribution in [3.05, 3.63) is 29.8 Å². The smallest absolute Gasteiger partial charge is 0.404 e. The third-order valence-corrected chi connectivity index (χ3v) is 4.46. The van der Waals surface area contributed by atoms with E-state index in [1.54, 1.807) is 24.3 Å². The maximum Gasteiger partial charge on any atom is 0.527 e. The molecule has 1 aromatic rings. The lowest BCUT2D eigenvalue weighted by molar-refractivity contribution is 0.153. The van der Waals surface area contributed by atoms with E-state index in [4.69, 9.17) is 14.2 Å². The molecular weight excluding hydrogens is 279 g/mol. The molecule has 1 aromatic carbocycles. The fraction of sp³-hybridized carbons (Fsp3) is 0.571. The summed E-state index contributed by atoms with van der Waals surface area (Å²) in [4.78, 5) is 9.75. The maximum absolute atomic E-state index is 11.9. The van der Waals surface area contributed by atoms with Gasteiger partial charge in [-0.2, -0.15) is 0 Å². The monoisotopic (exact) mass is 300 g/mol. The molecule has 1 unspecified atom stereocenters. The van der Waals surface area contributed by atoms with Crippen LogP contribution in [0.25, 0.3) is 0 Å². The minimum absolute atomic E-state index is 0.185. The zero-order valence-corrected chi connectivity index (χ0v) is 12.3. The minimum Gasteiger partial charge on any atom is -0.404 e. The first-order valence-corrected chi connectivity index (χ1v) is 8.46. The van der Waals surface area contributed by atoms with Gasteiger partial charge >= 0.3 is 7.82 Å². The minimum atomic E-state index is -4.13. The second-order valence-corrected chi connectivity index (χ2v) is 6.50. The van der Waals surface area contributed by atoms with Gasteiger partial charge in [-0.1, -0.05) is 37.5 Å². The van der Waals surface area contributed by atoms with Gasteiger partial charge in [-0.3, -0.25) is 9.42 Å². The molecule has 0 heterocycles. The molecule has 20 heavy (non-hydrogen) atoms. The lowest BCUT2D eigenvalue weighted by Crippen LogP contribution is -2.13. The molecule has 1 aliphatic carbocycles. The molecule has 2 rings (SSSR count). The molecular formula is C14H21O5P. The summed E-state index contributed by atoms with van der Waals surface area (Å²) in [6.45, 7) is -0.00608. The van der Waals surface area contributed by atoms with Crippen LogP contribution in [0.15, 0.2) is 24.3 Å². The first-order chi connectivity index (χ1) is 9.61. The molecule has 1 atom stereocenters. The van der Waals surface area contributed by atoms with E-state index in [-0.39, 0.29) is 19.0 Å². The molecule has 1 fully saturated rings. The average Bonchev–Trinajstić information content (AvgIpc) is 2.47. The Balaban J connectivity index is 1.91. The third kappa shape index (κ3) is 4.60. The molecule has 0 amide bonds. The van der Waals surface area contributed by atoms with Gasteiger partial charge in [0.05, 0.1) is 13.2 Å². The van der Waals surface area contributed by atoms with Crippen molar-refractivity contribution in [2.75, 3.05) is 6.61 Å². The summed E-state index contributed by atoms with van der Waals surface area (Å²) in [5, 5.41) is 9.16. The summed E-state index contributed by atoms with van der Waals surface area (Å²) in [5.41, 5.74) is 0.461. The van der Waals surface area contributed by atoms with Crippen LogP contribution in [0.4, 0.5) is 0 Å². The van der Waals surface area contributed by atoms with Crippen molar-refractivity contribution < 1.29 is 23.6 Å². The predicted octanol–water partition coefficient (Wildman–Crippen LogP) is 3.26. The van der Waals surface area contributed by atoms with E-state index in [2.05, 4.69) is 0 Å². The normalized spacial score (nSPS) is 19.5. The van der Waals surface area contributed by atoms with E-state index in [1.807, 2.05) is 0 Å². The number of hydrogen-bond donors (Lipinski definition) is 2. The molecule has 112 valence electrons. The molecule has 0 saturated heterocycles. The van der Waals surface area contributed by atoms with Crippen LogP contribution < -0.4 is 4.52 Å². The third-order valence-electron chi connectivity index (χ3n) is 3.55. The second kappa shape index (κ2) is 7.23. The van der Waals surface area contributed by atoms with Gasteiger partial charge in [0.15, 0.2) is 0 Å². The summed E-state index contributed by atoms with van der Waals surface area (Å²) in [6.07, 6.45) is 5.60. The zero-order chi connectivity index (χ0) is 14.4. The summed E-state index contributed by atoms with van der Waals surface area (Å²) >= 11 is 0. The SMILES string of the molecule is O=P(O)(OCC1CCCCC1)Oc1ccccc1CO. The van der Waals surface area contributed by atoms with Gasteiger partial charge in [0.25, 0.3) is 0 Å². The first-order valence-electron chi connectivity index (χ1n) is 6.96. The fourth-order valence-corrected chi connectivity index (χ4v) is 3.31. The van der Waals surface area contributed by atoms with Crippen molar-refractivity contribution in [1.82, 2.24) is 0 Å². The van der Waals surface area contributed by atoms with E-state index >= 15 is 0 Å². The number of benzene rings is 1. The van der Waals surface area contributed by atoms with Crippen molar-refractivity contribution in [2.24, 2.45) is 5.92 Å². The van der Waals surface area contributed by atoms with Crippen LogP contribution in [0, 0.1) is 5.92 Å². The zero-order valence-electron chi connectivity index (χ0n) is 11.4. The molecule has 0 radical (unpaired) electrons. The van der Waals surface area contributed by atoms with Crippen molar-refractivity contribution >= 4 is 7.82 Å². The Labute approximate surface area is 119 Å². The molecule has 0 aromatic heterocycles. The van der Waals surface area contributed by atoms with Gasteiger partial charge in [0, 0.05) is 5.56 Å². The van der Waals surface area contributed by atoms with Crippen molar-refractivity contribution in [3.8, 4) is 5.75 Å². The van der Waals surface area contributed by atoms with Crippen LogP contribution in [0.3, 0.4) is 0 Å². The number of aliphatic hydroxyl groups excluding tert-OH is 1. The molecule has 0 aliphatic heterocycles. The largest absolute Gasteiger partial charge is 0.527 e. The highest BCUT2D eigenvalue weighted by Gasteiger charge is 2.26. The Kier molecular flexibility index (Phi) is 5.61. The molecule has 0 bridgehead atoms. The Hall–Kier alpha value is -0.870. The molecule has 6 heteroatoms. The Bertz CT molecular complexity index is 470. The van der Waals surface area contributed by atoms with Crippen LogP contribution in [-0.4, -0.2) is 16.6 Å². The maximum atomic E-state index is 11.9.